The summed E-state index contributed by atoms with van der Waals surface area (Å²) >= 11 is 5.89. The first-order valence-corrected chi connectivity index (χ1v) is 6.70. The molecule has 0 fully saturated rings. The quantitative estimate of drug-likeness (QED) is 0.871. The van der Waals surface area contributed by atoms with E-state index in [4.69, 9.17) is 16.7 Å². The summed E-state index contributed by atoms with van der Waals surface area (Å²) in [5.41, 5.74) is -0.428. The van der Waals surface area contributed by atoms with E-state index in [1.165, 1.54) is 18.0 Å². The zero-order valence-corrected chi connectivity index (χ0v) is 13.0. The number of urea groups is 1. The molecule has 7 heteroatoms. The third kappa shape index (κ3) is 4.34. The molecule has 0 bridgehead atoms. The number of amides is 2. The van der Waals surface area contributed by atoms with Gasteiger partial charge in [0.25, 0.3) is 0 Å². The molecule has 0 aliphatic rings. The van der Waals surface area contributed by atoms with Crippen LogP contribution in [0.15, 0.2) is 24.3 Å². The van der Waals surface area contributed by atoms with Crippen LogP contribution in [0.2, 0.25) is 5.02 Å². The number of carboxylic acids is 1. The Labute approximate surface area is 128 Å². The number of aliphatic carboxylic acids is 1. The van der Waals surface area contributed by atoms with Gasteiger partial charge in [-0.25, -0.2) is 4.79 Å². The van der Waals surface area contributed by atoms with Gasteiger partial charge in [0.05, 0.1) is 12.1 Å². The second-order valence-electron chi connectivity index (χ2n) is 5.27. The fourth-order valence-corrected chi connectivity index (χ4v) is 1.78. The molecule has 0 heterocycles. The Kier molecular flexibility index (Phi) is 5.57. The molecule has 2 amide bonds. The third-order valence-electron chi connectivity index (χ3n) is 3.23. The van der Waals surface area contributed by atoms with Crippen LogP contribution < -0.4 is 4.90 Å². The lowest BCUT2D eigenvalue weighted by atomic mass is 10.1. The maximum absolute atomic E-state index is 12.5. The molecule has 1 rings (SSSR count). The molecule has 2 N–H and O–H groups in total. The number of benzene rings is 1. The second kappa shape index (κ2) is 6.78. The summed E-state index contributed by atoms with van der Waals surface area (Å²) in [4.78, 5) is 26.0. The van der Waals surface area contributed by atoms with E-state index >= 15 is 0 Å². The monoisotopic (exact) mass is 314 g/mol. The molecule has 0 atom stereocenters. The van der Waals surface area contributed by atoms with Gasteiger partial charge < -0.3 is 15.1 Å². The van der Waals surface area contributed by atoms with E-state index in [-0.39, 0.29) is 6.61 Å². The summed E-state index contributed by atoms with van der Waals surface area (Å²) in [5.74, 6) is -1.14. The molecule has 21 heavy (non-hydrogen) atoms. The van der Waals surface area contributed by atoms with Crippen molar-refractivity contribution in [1.82, 2.24) is 4.90 Å². The van der Waals surface area contributed by atoms with Gasteiger partial charge in [-0.05, 0) is 32.0 Å². The molecular weight excluding hydrogens is 296 g/mol. The first kappa shape index (κ1) is 17.3. The predicted octanol–water partition coefficient (Wildman–Crippen LogP) is 2.05. The Bertz CT molecular complexity index is 533. The Morgan fingerprint density at radius 1 is 1.33 bits per heavy atom. The van der Waals surface area contributed by atoms with Crippen molar-refractivity contribution in [3.63, 3.8) is 0 Å². The largest absolute Gasteiger partial charge is 0.480 e. The Balaban J connectivity index is 3.14. The molecule has 1 aromatic carbocycles. The Hall–Kier alpha value is -1.79. The number of nitrogens with zero attached hydrogens (tertiary/aromatic N) is 2. The normalized spacial score (nSPS) is 11.1. The van der Waals surface area contributed by atoms with Crippen LogP contribution >= 0.6 is 11.6 Å². The molecule has 1 aromatic rings. The SMILES string of the molecule is CN(C(=O)N(CC(=O)O)c1cccc(Cl)c1)C(C)(C)CO. The standard InChI is InChI=1S/C14H19ClN2O4/c1-14(2,9-18)16(3)13(21)17(8-12(19)20)11-6-4-5-10(15)7-11/h4-7,18H,8-9H2,1-3H3,(H,19,20). The highest BCUT2D eigenvalue weighted by Gasteiger charge is 2.31. The zero-order valence-electron chi connectivity index (χ0n) is 12.2. The smallest absolute Gasteiger partial charge is 0.325 e. The van der Waals surface area contributed by atoms with Gasteiger partial charge in [-0.2, -0.15) is 0 Å². The number of halogens is 1. The highest BCUT2D eigenvalue weighted by molar-refractivity contribution is 6.30. The van der Waals surface area contributed by atoms with Crippen molar-refractivity contribution in [2.45, 2.75) is 19.4 Å². The molecule has 6 nitrogen and oxygen atoms in total. The van der Waals surface area contributed by atoms with Crippen molar-refractivity contribution >= 4 is 29.3 Å². The number of carbonyl (C=O) groups is 2. The summed E-state index contributed by atoms with van der Waals surface area (Å²) in [6, 6.07) is 5.86. The molecule has 0 aliphatic heterocycles. The van der Waals surface area contributed by atoms with Crippen molar-refractivity contribution < 1.29 is 19.8 Å². The summed E-state index contributed by atoms with van der Waals surface area (Å²) in [6.07, 6.45) is 0. The lowest BCUT2D eigenvalue weighted by Gasteiger charge is -2.37. The van der Waals surface area contributed by atoms with Gasteiger partial charge in [-0.3, -0.25) is 9.69 Å². The van der Waals surface area contributed by atoms with Crippen LogP contribution in [0.25, 0.3) is 0 Å². The lowest BCUT2D eigenvalue weighted by molar-refractivity contribution is -0.135. The van der Waals surface area contributed by atoms with Gasteiger partial charge >= 0.3 is 12.0 Å². The number of rotatable bonds is 5. The van der Waals surface area contributed by atoms with Gasteiger partial charge in [0, 0.05) is 17.8 Å². The molecule has 0 unspecified atom stereocenters. The highest BCUT2D eigenvalue weighted by atomic mass is 35.5. The van der Waals surface area contributed by atoms with Gasteiger partial charge in [0.1, 0.15) is 6.54 Å². The van der Waals surface area contributed by atoms with Crippen LogP contribution in [0, 0.1) is 0 Å². The van der Waals surface area contributed by atoms with E-state index < -0.39 is 24.1 Å². The predicted molar refractivity (Wildman–Crippen MR) is 80.8 cm³/mol. The van der Waals surface area contributed by atoms with Gasteiger partial charge in [-0.15, -0.1) is 0 Å². The lowest BCUT2D eigenvalue weighted by Crippen LogP contribution is -2.54. The van der Waals surface area contributed by atoms with Crippen molar-refractivity contribution in [3.8, 4) is 0 Å². The van der Waals surface area contributed by atoms with Crippen molar-refractivity contribution in [3.05, 3.63) is 29.3 Å². The first-order chi connectivity index (χ1) is 9.69. The van der Waals surface area contributed by atoms with Crippen LogP contribution in [-0.2, 0) is 4.79 Å². The van der Waals surface area contributed by atoms with Gasteiger partial charge in [0.15, 0.2) is 0 Å². The minimum atomic E-state index is -1.14. The molecule has 116 valence electrons. The molecular formula is C14H19ClN2O4. The van der Waals surface area contributed by atoms with Crippen molar-refractivity contribution in [1.29, 1.82) is 0 Å². The van der Waals surface area contributed by atoms with E-state index in [1.807, 2.05) is 0 Å². The van der Waals surface area contributed by atoms with Gasteiger partial charge in [0.2, 0.25) is 0 Å². The summed E-state index contributed by atoms with van der Waals surface area (Å²) in [6.45, 7) is 2.63. The molecule has 0 saturated heterocycles. The minimum absolute atomic E-state index is 0.244. The Morgan fingerprint density at radius 3 is 2.43 bits per heavy atom. The number of hydrogen-bond donors (Lipinski definition) is 2. The van der Waals surface area contributed by atoms with Crippen LogP contribution in [0.3, 0.4) is 0 Å². The summed E-state index contributed by atoms with van der Waals surface area (Å²) in [7, 11) is 1.51. The number of aliphatic hydroxyl groups is 1. The van der Waals surface area contributed by atoms with Crippen LogP contribution in [0.4, 0.5) is 10.5 Å². The number of hydrogen-bond acceptors (Lipinski definition) is 3. The zero-order chi connectivity index (χ0) is 16.2. The molecule has 0 aliphatic carbocycles. The molecule has 0 spiro atoms. The summed E-state index contributed by atoms with van der Waals surface area (Å²) < 4.78 is 0. The number of anilines is 1. The van der Waals surface area contributed by atoms with Crippen molar-refractivity contribution in [2.24, 2.45) is 0 Å². The average Bonchev–Trinajstić information content (AvgIpc) is 2.43. The van der Waals surface area contributed by atoms with E-state index in [9.17, 15) is 14.7 Å². The number of carbonyl (C=O) groups excluding carboxylic acids is 1. The van der Waals surface area contributed by atoms with E-state index in [0.29, 0.717) is 10.7 Å². The first-order valence-electron chi connectivity index (χ1n) is 6.32. The van der Waals surface area contributed by atoms with Crippen LogP contribution in [-0.4, -0.2) is 52.9 Å². The third-order valence-corrected chi connectivity index (χ3v) is 3.46. The number of likely N-dealkylation sites (N-methyl/N-ethyl adjacent to an activating group) is 1. The van der Waals surface area contributed by atoms with Gasteiger partial charge in [-0.1, -0.05) is 17.7 Å². The molecule has 0 aromatic heterocycles. The fraction of sp³-hybridized carbons (Fsp3) is 0.429. The average molecular weight is 315 g/mol. The fourth-order valence-electron chi connectivity index (χ4n) is 1.59. The second-order valence-corrected chi connectivity index (χ2v) is 5.71. The summed E-state index contributed by atoms with van der Waals surface area (Å²) in [5, 5.41) is 18.8. The molecule has 0 saturated carbocycles. The van der Waals surface area contributed by atoms with Crippen LogP contribution in [0.1, 0.15) is 13.8 Å². The van der Waals surface area contributed by atoms with Crippen molar-refractivity contribution in [2.75, 3.05) is 25.1 Å². The topological polar surface area (TPSA) is 81.1 Å². The maximum Gasteiger partial charge on any atom is 0.325 e. The number of aliphatic hydroxyl groups excluding tert-OH is 1. The van der Waals surface area contributed by atoms with Crippen LogP contribution in [0.5, 0.6) is 0 Å². The van der Waals surface area contributed by atoms with E-state index in [1.54, 1.807) is 32.0 Å². The van der Waals surface area contributed by atoms with E-state index in [0.717, 1.165) is 4.90 Å². The number of carboxylic acid groups (broad SMARTS) is 1. The highest BCUT2D eigenvalue weighted by Crippen LogP contribution is 2.22. The molecule has 0 radical (unpaired) electrons. The minimum Gasteiger partial charge on any atom is -0.480 e. The van der Waals surface area contributed by atoms with E-state index in [2.05, 4.69) is 0 Å². The maximum atomic E-state index is 12.5. The Morgan fingerprint density at radius 2 is 1.95 bits per heavy atom.